The molecule has 2 aromatic rings. The zero-order chi connectivity index (χ0) is 10.7. The summed E-state index contributed by atoms with van der Waals surface area (Å²) in [7, 11) is 0. The van der Waals surface area contributed by atoms with Gasteiger partial charge in [0.15, 0.2) is 0 Å². The Kier molecular flexibility index (Phi) is 2.51. The van der Waals surface area contributed by atoms with Crippen LogP contribution in [0.5, 0.6) is 0 Å². The predicted molar refractivity (Wildman–Crippen MR) is 54.6 cm³/mol. The molecule has 1 aromatic carbocycles. The molecular formula is C12H9FN2. The molecule has 74 valence electrons. The van der Waals surface area contributed by atoms with Crippen molar-refractivity contribution in [2.24, 2.45) is 0 Å². The van der Waals surface area contributed by atoms with Crippen LogP contribution in [0.3, 0.4) is 0 Å². The molecule has 0 saturated carbocycles. The van der Waals surface area contributed by atoms with Crippen LogP contribution in [0.25, 0.3) is 0 Å². The van der Waals surface area contributed by atoms with E-state index in [2.05, 4.69) is 6.07 Å². The summed E-state index contributed by atoms with van der Waals surface area (Å²) in [5.41, 5.74) is 1.59. The van der Waals surface area contributed by atoms with Gasteiger partial charge in [0.2, 0.25) is 0 Å². The van der Waals surface area contributed by atoms with Crippen LogP contribution >= 0.6 is 0 Å². The maximum Gasteiger partial charge on any atom is 0.123 e. The molecule has 1 aromatic heterocycles. The number of benzene rings is 1. The fourth-order valence-corrected chi connectivity index (χ4v) is 1.44. The Morgan fingerprint density at radius 2 is 1.93 bits per heavy atom. The first-order chi connectivity index (χ1) is 7.29. The van der Waals surface area contributed by atoms with Gasteiger partial charge in [0.25, 0.3) is 0 Å². The Morgan fingerprint density at radius 3 is 2.60 bits per heavy atom. The van der Waals surface area contributed by atoms with Crippen LogP contribution < -0.4 is 0 Å². The van der Waals surface area contributed by atoms with Crippen molar-refractivity contribution in [3.63, 3.8) is 0 Å². The second-order valence-electron chi connectivity index (χ2n) is 3.26. The van der Waals surface area contributed by atoms with E-state index in [1.165, 1.54) is 12.1 Å². The van der Waals surface area contributed by atoms with Crippen molar-refractivity contribution in [1.82, 2.24) is 4.57 Å². The minimum atomic E-state index is -0.244. The predicted octanol–water partition coefficient (Wildman–Crippen LogP) is 2.55. The minimum absolute atomic E-state index is 0.244. The fourth-order valence-electron chi connectivity index (χ4n) is 1.44. The summed E-state index contributed by atoms with van der Waals surface area (Å²) < 4.78 is 14.5. The van der Waals surface area contributed by atoms with Crippen molar-refractivity contribution >= 4 is 0 Å². The third kappa shape index (κ3) is 2.05. The summed E-state index contributed by atoms with van der Waals surface area (Å²) in [4.78, 5) is 0. The van der Waals surface area contributed by atoms with E-state index in [4.69, 9.17) is 5.26 Å². The van der Waals surface area contributed by atoms with Gasteiger partial charge in [-0.1, -0.05) is 12.1 Å². The molecule has 0 radical (unpaired) electrons. The summed E-state index contributed by atoms with van der Waals surface area (Å²) in [6.45, 7) is 0.593. The molecule has 0 bridgehead atoms. The van der Waals surface area contributed by atoms with E-state index in [-0.39, 0.29) is 5.82 Å². The standard InChI is InChI=1S/C12H9FN2/c13-11-5-3-10(4-6-11)9-15-7-1-2-12(15)8-14/h1-7H,9H2. The van der Waals surface area contributed by atoms with Crippen LogP contribution in [0.15, 0.2) is 42.6 Å². The van der Waals surface area contributed by atoms with Crippen molar-refractivity contribution in [1.29, 1.82) is 5.26 Å². The normalized spacial score (nSPS) is 9.87. The fraction of sp³-hybridized carbons (Fsp3) is 0.0833. The zero-order valence-electron chi connectivity index (χ0n) is 8.02. The average Bonchev–Trinajstić information content (AvgIpc) is 2.69. The highest BCUT2D eigenvalue weighted by Crippen LogP contribution is 2.08. The topological polar surface area (TPSA) is 28.7 Å². The highest BCUT2D eigenvalue weighted by molar-refractivity contribution is 5.24. The van der Waals surface area contributed by atoms with Gasteiger partial charge in [-0.2, -0.15) is 5.26 Å². The van der Waals surface area contributed by atoms with E-state index in [9.17, 15) is 4.39 Å². The zero-order valence-corrected chi connectivity index (χ0v) is 8.02. The van der Waals surface area contributed by atoms with Crippen LogP contribution in [0.1, 0.15) is 11.3 Å². The molecule has 0 aliphatic heterocycles. The molecule has 0 aliphatic rings. The van der Waals surface area contributed by atoms with Gasteiger partial charge < -0.3 is 4.57 Å². The van der Waals surface area contributed by atoms with Crippen molar-refractivity contribution in [2.75, 3.05) is 0 Å². The molecule has 0 unspecified atom stereocenters. The van der Waals surface area contributed by atoms with Crippen molar-refractivity contribution in [3.05, 3.63) is 59.7 Å². The summed E-state index contributed by atoms with van der Waals surface area (Å²) in [5.74, 6) is -0.244. The van der Waals surface area contributed by atoms with Crippen LogP contribution in [0.4, 0.5) is 4.39 Å². The number of hydrogen-bond acceptors (Lipinski definition) is 1. The van der Waals surface area contributed by atoms with Crippen LogP contribution in [0.2, 0.25) is 0 Å². The molecule has 0 atom stereocenters. The first kappa shape index (κ1) is 9.47. The van der Waals surface area contributed by atoms with Gasteiger partial charge in [-0.15, -0.1) is 0 Å². The van der Waals surface area contributed by atoms with E-state index in [1.54, 1.807) is 18.2 Å². The lowest BCUT2D eigenvalue weighted by Crippen LogP contribution is -2.00. The summed E-state index contributed by atoms with van der Waals surface area (Å²) in [5, 5.41) is 8.80. The van der Waals surface area contributed by atoms with E-state index in [1.807, 2.05) is 16.8 Å². The van der Waals surface area contributed by atoms with Gasteiger partial charge in [0.1, 0.15) is 17.6 Å². The summed E-state index contributed by atoms with van der Waals surface area (Å²) in [6, 6.07) is 12.0. The molecular weight excluding hydrogens is 191 g/mol. The second kappa shape index (κ2) is 3.97. The number of rotatable bonds is 2. The van der Waals surface area contributed by atoms with Gasteiger partial charge in [0, 0.05) is 12.7 Å². The first-order valence-corrected chi connectivity index (χ1v) is 4.59. The van der Waals surface area contributed by atoms with Gasteiger partial charge in [-0.25, -0.2) is 4.39 Å². The molecule has 0 aliphatic carbocycles. The number of nitrogens with zero attached hydrogens (tertiary/aromatic N) is 2. The number of hydrogen-bond donors (Lipinski definition) is 0. The first-order valence-electron chi connectivity index (χ1n) is 4.59. The summed E-state index contributed by atoms with van der Waals surface area (Å²) >= 11 is 0. The van der Waals surface area contributed by atoms with Crippen molar-refractivity contribution in [3.8, 4) is 6.07 Å². The monoisotopic (exact) mass is 200 g/mol. The number of halogens is 1. The highest BCUT2D eigenvalue weighted by atomic mass is 19.1. The molecule has 2 nitrogen and oxygen atoms in total. The third-order valence-corrected chi connectivity index (χ3v) is 2.21. The summed E-state index contributed by atoms with van der Waals surface area (Å²) in [6.07, 6.45) is 1.84. The SMILES string of the molecule is N#Cc1cccn1Cc1ccc(F)cc1. The average molecular weight is 200 g/mol. The van der Waals surface area contributed by atoms with Gasteiger partial charge >= 0.3 is 0 Å². The molecule has 1 heterocycles. The molecule has 0 amide bonds. The van der Waals surface area contributed by atoms with Crippen molar-refractivity contribution in [2.45, 2.75) is 6.54 Å². The van der Waals surface area contributed by atoms with E-state index >= 15 is 0 Å². The lowest BCUT2D eigenvalue weighted by atomic mass is 10.2. The van der Waals surface area contributed by atoms with Crippen molar-refractivity contribution < 1.29 is 4.39 Å². The Labute approximate surface area is 87.2 Å². The van der Waals surface area contributed by atoms with E-state index in [0.29, 0.717) is 12.2 Å². The highest BCUT2D eigenvalue weighted by Gasteiger charge is 2.00. The van der Waals surface area contributed by atoms with Gasteiger partial charge in [-0.3, -0.25) is 0 Å². The second-order valence-corrected chi connectivity index (χ2v) is 3.26. The van der Waals surface area contributed by atoms with Crippen LogP contribution in [-0.2, 0) is 6.54 Å². The Balaban J connectivity index is 2.23. The lowest BCUT2D eigenvalue weighted by Gasteiger charge is -2.04. The molecule has 0 fully saturated rings. The van der Waals surface area contributed by atoms with Gasteiger partial charge in [0.05, 0.1) is 0 Å². The molecule has 0 N–H and O–H groups in total. The van der Waals surface area contributed by atoms with E-state index in [0.717, 1.165) is 5.56 Å². The maximum absolute atomic E-state index is 12.7. The van der Waals surface area contributed by atoms with Crippen LogP contribution in [0, 0.1) is 17.1 Å². The Hall–Kier alpha value is -2.08. The third-order valence-electron chi connectivity index (χ3n) is 2.21. The molecule has 3 heteroatoms. The Bertz CT molecular complexity index is 491. The molecule has 15 heavy (non-hydrogen) atoms. The minimum Gasteiger partial charge on any atom is -0.335 e. The number of nitriles is 1. The maximum atomic E-state index is 12.7. The van der Waals surface area contributed by atoms with E-state index < -0.39 is 0 Å². The lowest BCUT2D eigenvalue weighted by molar-refractivity contribution is 0.626. The molecule has 0 saturated heterocycles. The Morgan fingerprint density at radius 1 is 1.20 bits per heavy atom. The molecule has 2 rings (SSSR count). The van der Waals surface area contributed by atoms with Gasteiger partial charge in [-0.05, 0) is 29.8 Å². The quantitative estimate of drug-likeness (QED) is 0.732. The largest absolute Gasteiger partial charge is 0.335 e. The molecule has 0 spiro atoms. The van der Waals surface area contributed by atoms with Crippen LogP contribution in [-0.4, -0.2) is 4.57 Å². The number of aromatic nitrogens is 1. The smallest absolute Gasteiger partial charge is 0.123 e.